The third-order valence-corrected chi connectivity index (χ3v) is 5.14. The summed E-state index contributed by atoms with van der Waals surface area (Å²) in [4.78, 5) is 0. The Labute approximate surface area is 185 Å². The van der Waals surface area contributed by atoms with Crippen LogP contribution in [0.15, 0.2) is 66.7 Å². The third-order valence-electron chi connectivity index (χ3n) is 5.14. The van der Waals surface area contributed by atoms with E-state index in [1.54, 1.807) is 6.92 Å². The van der Waals surface area contributed by atoms with E-state index in [4.69, 9.17) is 4.74 Å². The molecular formula is C26H16F6O. The second-order valence-corrected chi connectivity index (χ2v) is 7.23. The van der Waals surface area contributed by atoms with Gasteiger partial charge in [-0.05, 0) is 35.6 Å². The van der Waals surface area contributed by atoms with E-state index in [9.17, 15) is 26.3 Å². The molecule has 33 heavy (non-hydrogen) atoms. The van der Waals surface area contributed by atoms with Crippen LogP contribution in [0.4, 0.5) is 26.3 Å². The van der Waals surface area contributed by atoms with Gasteiger partial charge in [0.2, 0.25) is 0 Å². The minimum Gasteiger partial charge on any atom is -0.494 e. The largest absolute Gasteiger partial charge is 0.494 e. The second-order valence-electron chi connectivity index (χ2n) is 7.23. The Kier molecular flexibility index (Phi) is 6.14. The monoisotopic (exact) mass is 458 g/mol. The normalized spacial score (nSPS) is 11.0. The maximum Gasteiger partial charge on any atom is 0.271 e. The molecule has 1 nitrogen and oxygen atoms in total. The zero-order valence-corrected chi connectivity index (χ0v) is 17.2. The lowest BCUT2D eigenvalue weighted by molar-refractivity contribution is 0.336. The Morgan fingerprint density at radius 1 is 0.788 bits per heavy atom. The molecule has 0 aliphatic heterocycles. The number of hydrogen-bond acceptors (Lipinski definition) is 1. The Hall–Kier alpha value is -3.74. The van der Waals surface area contributed by atoms with Crippen LogP contribution in [0.25, 0.3) is 39.1 Å². The van der Waals surface area contributed by atoms with E-state index in [-0.39, 0.29) is 40.0 Å². The van der Waals surface area contributed by atoms with E-state index in [0.29, 0.717) is 17.0 Å². The third kappa shape index (κ3) is 4.44. The van der Waals surface area contributed by atoms with Gasteiger partial charge in [0.25, 0.3) is 6.08 Å². The molecule has 7 heteroatoms. The Balaban J connectivity index is 1.74. The molecule has 0 aliphatic carbocycles. The fourth-order valence-corrected chi connectivity index (χ4v) is 3.69. The average molecular weight is 458 g/mol. The number of halogens is 6. The summed E-state index contributed by atoms with van der Waals surface area (Å²) < 4.78 is 88.5. The first-order chi connectivity index (χ1) is 15.8. The van der Waals surface area contributed by atoms with Crippen molar-refractivity contribution in [2.75, 3.05) is 6.61 Å². The predicted octanol–water partition coefficient (Wildman–Crippen LogP) is 8.37. The summed E-state index contributed by atoms with van der Waals surface area (Å²) in [5, 5.41) is 0.484. The predicted molar refractivity (Wildman–Crippen MR) is 116 cm³/mol. The molecular weight excluding hydrogens is 442 g/mol. The van der Waals surface area contributed by atoms with Crippen LogP contribution in [0, 0.1) is 23.3 Å². The van der Waals surface area contributed by atoms with Crippen molar-refractivity contribution in [3.63, 3.8) is 0 Å². The number of hydrogen-bond donors (Lipinski definition) is 0. The molecule has 4 aromatic rings. The molecule has 0 aliphatic rings. The molecule has 0 amide bonds. The molecule has 0 aromatic heterocycles. The van der Waals surface area contributed by atoms with Crippen LogP contribution in [-0.2, 0) is 0 Å². The highest BCUT2D eigenvalue weighted by Crippen LogP contribution is 2.34. The molecule has 0 spiro atoms. The van der Waals surface area contributed by atoms with Crippen LogP contribution in [0.3, 0.4) is 0 Å². The Bertz CT molecular complexity index is 1370. The summed E-state index contributed by atoms with van der Waals surface area (Å²) >= 11 is 0. The second kappa shape index (κ2) is 9.02. The van der Waals surface area contributed by atoms with Crippen molar-refractivity contribution in [2.45, 2.75) is 6.92 Å². The zero-order valence-electron chi connectivity index (χ0n) is 17.2. The van der Waals surface area contributed by atoms with Gasteiger partial charge in [-0.15, -0.1) is 0 Å². The molecule has 0 unspecified atom stereocenters. The average Bonchev–Trinajstić information content (AvgIpc) is 2.75. The summed E-state index contributed by atoms with van der Waals surface area (Å²) in [6, 6.07) is 12.8. The van der Waals surface area contributed by atoms with Crippen molar-refractivity contribution >= 4 is 16.8 Å². The number of benzene rings is 4. The minimum absolute atomic E-state index is 0.00538. The van der Waals surface area contributed by atoms with Crippen LogP contribution in [0.5, 0.6) is 5.75 Å². The van der Waals surface area contributed by atoms with Crippen molar-refractivity contribution in [3.8, 4) is 28.0 Å². The van der Waals surface area contributed by atoms with Crippen molar-refractivity contribution < 1.29 is 31.1 Å². The fourth-order valence-electron chi connectivity index (χ4n) is 3.69. The first-order valence-corrected chi connectivity index (χ1v) is 9.95. The highest BCUT2D eigenvalue weighted by atomic mass is 19.3. The number of ether oxygens (including phenoxy) is 1. The summed E-state index contributed by atoms with van der Waals surface area (Å²) in [6.07, 6.45) is -1.59. The highest BCUT2D eigenvalue weighted by molar-refractivity contribution is 5.90. The summed E-state index contributed by atoms with van der Waals surface area (Å²) in [6.45, 7) is 1.92. The van der Waals surface area contributed by atoms with E-state index in [1.165, 1.54) is 42.5 Å². The Morgan fingerprint density at radius 2 is 1.48 bits per heavy atom. The van der Waals surface area contributed by atoms with Crippen molar-refractivity contribution in [2.24, 2.45) is 0 Å². The van der Waals surface area contributed by atoms with E-state index in [0.717, 1.165) is 18.2 Å². The standard InChI is InChI=1S/C26H16F6O/c1-2-33-18-12-22(28)25(23(29)13-18)16-6-7-19(21(27)10-16)14-5-8-20-15(9-14)3-4-17(26(20)32)11-24(30)31/h3-13H,2H2,1H3. The summed E-state index contributed by atoms with van der Waals surface area (Å²) in [5.41, 5.74) is -0.119. The van der Waals surface area contributed by atoms with Crippen LogP contribution in [-0.4, -0.2) is 6.61 Å². The van der Waals surface area contributed by atoms with Crippen molar-refractivity contribution in [1.29, 1.82) is 0 Å². The molecule has 4 aromatic carbocycles. The van der Waals surface area contributed by atoms with E-state index < -0.39 is 29.3 Å². The maximum atomic E-state index is 14.9. The number of fused-ring (bicyclic) bond motifs is 1. The van der Waals surface area contributed by atoms with Crippen LogP contribution >= 0.6 is 0 Å². The van der Waals surface area contributed by atoms with Crippen molar-refractivity contribution in [1.82, 2.24) is 0 Å². The van der Waals surface area contributed by atoms with Crippen LogP contribution in [0.1, 0.15) is 12.5 Å². The molecule has 0 fully saturated rings. The smallest absolute Gasteiger partial charge is 0.271 e. The van der Waals surface area contributed by atoms with Gasteiger partial charge in [0.1, 0.15) is 29.0 Å². The van der Waals surface area contributed by atoms with Crippen molar-refractivity contribution in [3.05, 3.63) is 95.6 Å². The van der Waals surface area contributed by atoms with Gasteiger partial charge < -0.3 is 4.74 Å². The van der Waals surface area contributed by atoms with E-state index in [2.05, 4.69) is 0 Å². The topological polar surface area (TPSA) is 9.23 Å². The molecule has 0 heterocycles. The molecule has 0 radical (unpaired) electrons. The van der Waals surface area contributed by atoms with Gasteiger partial charge in [-0.25, -0.2) is 17.6 Å². The summed E-state index contributed by atoms with van der Waals surface area (Å²) in [5.74, 6) is -3.30. The van der Waals surface area contributed by atoms with Crippen LogP contribution < -0.4 is 4.74 Å². The fraction of sp³-hybridized carbons (Fsp3) is 0.0769. The van der Waals surface area contributed by atoms with Gasteiger partial charge in [0.05, 0.1) is 12.2 Å². The van der Waals surface area contributed by atoms with Gasteiger partial charge in [0, 0.05) is 34.7 Å². The van der Waals surface area contributed by atoms with E-state index in [1.807, 2.05) is 0 Å². The van der Waals surface area contributed by atoms with Gasteiger partial charge in [-0.1, -0.05) is 36.4 Å². The highest BCUT2D eigenvalue weighted by Gasteiger charge is 2.17. The minimum atomic E-state index is -2.02. The van der Waals surface area contributed by atoms with Crippen LogP contribution in [0.2, 0.25) is 0 Å². The Morgan fingerprint density at radius 3 is 2.12 bits per heavy atom. The molecule has 0 saturated carbocycles. The van der Waals surface area contributed by atoms with Gasteiger partial charge in [-0.3, -0.25) is 0 Å². The van der Waals surface area contributed by atoms with Gasteiger partial charge in [0.15, 0.2) is 0 Å². The lowest BCUT2D eigenvalue weighted by Gasteiger charge is -2.11. The molecule has 0 saturated heterocycles. The SMILES string of the molecule is CCOc1cc(F)c(-c2ccc(-c3ccc4c(F)c(C=C(F)F)ccc4c3)c(F)c2)c(F)c1. The molecule has 4 rings (SSSR count). The number of rotatable bonds is 5. The van der Waals surface area contributed by atoms with Gasteiger partial charge >= 0.3 is 0 Å². The molecule has 0 atom stereocenters. The molecule has 0 bridgehead atoms. The lowest BCUT2D eigenvalue weighted by Crippen LogP contribution is -1.97. The molecule has 0 N–H and O–H groups in total. The first-order valence-electron chi connectivity index (χ1n) is 9.95. The first kappa shape index (κ1) is 22.5. The van der Waals surface area contributed by atoms with Gasteiger partial charge in [-0.2, -0.15) is 8.78 Å². The summed E-state index contributed by atoms with van der Waals surface area (Å²) in [7, 11) is 0. The maximum absolute atomic E-state index is 14.9. The lowest BCUT2D eigenvalue weighted by atomic mass is 9.96. The molecule has 168 valence electrons. The van der Waals surface area contributed by atoms with E-state index >= 15 is 0 Å². The quantitative estimate of drug-likeness (QED) is 0.273. The zero-order chi connectivity index (χ0) is 23.7.